The van der Waals surface area contributed by atoms with Gasteiger partial charge in [0.25, 0.3) is 5.91 Å². The molecule has 4 rings (SSSR count). The zero-order valence-corrected chi connectivity index (χ0v) is 15.0. The molecule has 136 valence electrons. The van der Waals surface area contributed by atoms with Crippen LogP contribution in [0.15, 0.2) is 42.5 Å². The first-order chi connectivity index (χ1) is 12.5. The number of rotatable bonds is 2. The fraction of sp³-hybridized carbons (Fsp3) is 0.316. The zero-order valence-electron chi connectivity index (χ0n) is 14.2. The van der Waals surface area contributed by atoms with E-state index in [0.29, 0.717) is 36.4 Å². The van der Waals surface area contributed by atoms with Crippen molar-refractivity contribution >= 4 is 27.3 Å². The number of nitrogens with zero attached hydrogens (tertiary/aromatic N) is 2. The van der Waals surface area contributed by atoms with Crippen LogP contribution in [-0.2, 0) is 16.4 Å². The van der Waals surface area contributed by atoms with Crippen molar-refractivity contribution in [2.75, 3.05) is 28.0 Å². The van der Waals surface area contributed by atoms with Gasteiger partial charge in [-0.2, -0.15) is 0 Å². The van der Waals surface area contributed by atoms with Crippen molar-refractivity contribution in [3.05, 3.63) is 59.4 Å². The van der Waals surface area contributed by atoms with Gasteiger partial charge in [-0.1, -0.05) is 12.1 Å². The second-order valence-electron chi connectivity index (χ2n) is 6.63. The number of hydrogen-bond donors (Lipinski definition) is 0. The first kappa shape index (κ1) is 17.0. The molecule has 0 saturated carbocycles. The minimum Gasteiger partial charge on any atom is -0.308 e. The third-order valence-electron chi connectivity index (χ3n) is 4.89. The zero-order chi connectivity index (χ0) is 18.3. The van der Waals surface area contributed by atoms with Gasteiger partial charge in [-0.25, -0.2) is 12.8 Å². The molecule has 1 saturated heterocycles. The normalized spacial score (nSPS) is 18.7. The SMILES string of the molecule is O=C(c1cccc(N2CCCS2(=O)=O)c1)N1CCCc2ccc(F)cc21. The lowest BCUT2D eigenvalue weighted by Gasteiger charge is -2.30. The van der Waals surface area contributed by atoms with Crippen molar-refractivity contribution in [2.24, 2.45) is 0 Å². The Kier molecular flexibility index (Phi) is 4.19. The molecule has 0 unspecified atom stereocenters. The van der Waals surface area contributed by atoms with Crippen LogP contribution in [0.1, 0.15) is 28.8 Å². The lowest BCUT2D eigenvalue weighted by Crippen LogP contribution is -2.35. The molecule has 0 aromatic heterocycles. The number of halogens is 1. The average Bonchev–Trinajstić information content (AvgIpc) is 3.00. The molecule has 0 spiro atoms. The van der Waals surface area contributed by atoms with Gasteiger partial charge in [0.1, 0.15) is 5.82 Å². The first-order valence-corrected chi connectivity index (χ1v) is 10.3. The second kappa shape index (κ2) is 6.39. The summed E-state index contributed by atoms with van der Waals surface area (Å²) in [6.07, 6.45) is 2.20. The van der Waals surface area contributed by atoms with Gasteiger partial charge in [-0.05, 0) is 55.2 Å². The van der Waals surface area contributed by atoms with Gasteiger partial charge in [0, 0.05) is 18.7 Å². The highest BCUT2D eigenvalue weighted by Crippen LogP contribution is 2.30. The molecule has 1 fully saturated rings. The Morgan fingerprint density at radius 1 is 1.04 bits per heavy atom. The van der Waals surface area contributed by atoms with Gasteiger partial charge < -0.3 is 4.90 Å². The number of benzene rings is 2. The molecule has 0 N–H and O–H groups in total. The van der Waals surface area contributed by atoms with Gasteiger partial charge >= 0.3 is 0 Å². The van der Waals surface area contributed by atoms with E-state index in [-0.39, 0.29) is 17.5 Å². The molecule has 5 nitrogen and oxygen atoms in total. The number of anilines is 2. The summed E-state index contributed by atoms with van der Waals surface area (Å²) in [5.41, 5.74) is 2.45. The number of hydrogen-bond acceptors (Lipinski definition) is 3. The predicted molar refractivity (Wildman–Crippen MR) is 98.6 cm³/mol. The van der Waals surface area contributed by atoms with E-state index in [1.54, 1.807) is 35.2 Å². The maximum absolute atomic E-state index is 13.7. The van der Waals surface area contributed by atoms with Crippen molar-refractivity contribution in [1.29, 1.82) is 0 Å². The van der Waals surface area contributed by atoms with Crippen LogP contribution in [0.3, 0.4) is 0 Å². The monoisotopic (exact) mass is 374 g/mol. The van der Waals surface area contributed by atoms with Crippen LogP contribution in [0.2, 0.25) is 0 Å². The molecule has 2 aromatic rings. The van der Waals surface area contributed by atoms with Gasteiger partial charge in [0.05, 0.1) is 17.1 Å². The third kappa shape index (κ3) is 2.96. The quantitative estimate of drug-likeness (QED) is 0.812. The standard InChI is InChI=1S/C19H19FN2O3S/c20-16-8-7-14-5-2-9-21(18(14)13-16)19(23)15-4-1-6-17(12-15)22-10-3-11-26(22,24)25/h1,4,6-8,12-13H,2-3,5,9-11H2. The average molecular weight is 374 g/mol. The topological polar surface area (TPSA) is 57.7 Å². The van der Waals surface area contributed by atoms with Crippen LogP contribution >= 0.6 is 0 Å². The second-order valence-corrected chi connectivity index (χ2v) is 8.64. The third-order valence-corrected chi connectivity index (χ3v) is 6.76. The molecule has 0 aliphatic carbocycles. The maximum Gasteiger partial charge on any atom is 0.258 e. The molecule has 2 aliphatic heterocycles. The van der Waals surface area contributed by atoms with E-state index in [0.717, 1.165) is 18.4 Å². The Morgan fingerprint density at radius 2 is 1.88 bits per heavy atom. The molecule has 2 aliphatic rings. The fourth-order valence-electron chi connectivity index (χ4n) is 3.64. The Hall–Kier alpha value is -2.41. The van der Waals surface area contributed by atoms with Gasteiger partial charge in [0.2, 0.25) is 10.0 Å². The van der Waals surface area contributed by atoms with Crippen molar-refractivity contribution in [3.8, 4) is 0 Å². The smallest absolute Gasteiger partial charge is 0.258 e. The Morgan fingerprint density at radius 3 is 2.65 bits per heavy atom. The lowest BCUT2D eigenvalue weighted by molar-refractivity contribution is 0.0985. The highest BCUT2D eigenvalue weighted by molar-refractivity contribution is 7.93. The first-order valence-electron chi connectivity index (χ1n) is 8.66. The summed E-state index contributed by atoms with van der Waals surface area (Å²) in [6, 6.07) is 11.2. The number of carbonyl (C=O) groups is 1. The number of amides is 1. The molecule has 1 amide bonds. The van der Waals surface area contributed by atoms with Crippen LogP contribution < -0.4 is 9.21 Å². The van der Waals surface area contributed by atoms with Gasteiger partial charge in [-0.15, -0.1) is 0 Å². The molecule has 2 aromatic carbocycles. The number of sulfonamides is 1. The summed E-state index contributed by atoms with van der Waals surface area (Å²) in [6.45, 7) is 0.944. The lowest BCUT2D eigenvalue weighted by atomic mass is 10.0. The van der Waals surface area contributed by atoms with Gasteiger partial charge in [-0.3, -0.25) is 9.10 Å². The number of carbonyl (C=O) groups excluding carboxylic acids is 1. The van der Waals surface area contributed by atoms with Crippen molar-refractivity contribution in [1.82, 2.24) is 0 Å². The summed E-state index contributed by atoms with van der Waals surface area (Å²) in [5, 5.41) is 0. The van der Waals surface area contributed by atoms with Gasteiger partial charge in [0.15, 0.2) is 0 Å². The summed E-state index contributed by atoms with van der Waals surface area (Å²) in [5.74, 6) is -0.486. The van der Waals surface area contributed by atoms with Crippen molar-refractivity contribution in [3.63, 3.8) is 0 Å². The molecule has 0 atom stereocenters. The molecule has 26 heavy (non-hydrogen) atoms. The highest BCUT2D eigenvalue weighted by atomic mass is 32.2. The van der Waals surface area contributed by atoms with E-state index in [4.69, 9.17) is 0 Å². The summed E-state index contributed by atoms with van der Waals surface area (Å²) < 4.78 is 39.3. The van der Waals surface area contributed by atoms with Crippen LogP contribution in [-0.4, -0.2) is 33.2 Å². The number of aryl methyl sites for hydroxylation is 1. The summed E-state index contributed by atoms with van der Waals surface area (Å²) in [7, 11) is -3.30. The molecule has 7 heteroatoms. The molecular weight excluding hydrogens is 355 g/mol. The summed E-state index contributed by atoms with van der Waals surface area (Å²) >= 11 is 0. The summed E-state index contributed by atoms with van der Waals surface area (Å²) in [4.78, 5) is 14.6. The molecule has 2 heterocycles. The molecule has 0 bridgehead atoms. The Bertz CT molecular complexity index is 974. The Labute approximate surface area is 152 Å². The minimum atomic E-state index is -3.30. The molecule has 0 radical (unpaired) electrons. The fourth-order valence-corrected chi connectivity index (χ4v) is 5.19. The maximum atomic E-state index is 13.7. The van der Waals surface area contributed by atoms with Crippen molar-refractivity contribution in [2.45, 2.75) is 19.3 Å². The largest absolute Gasteiger partial charge is 0.308 e. The predicted octanol–water partition coefficient (Wildman–Crippen LogP) is 2.96. The van der Waals surface area contributed by atoms with Crippen LogP contribution in [0.25, 0.3) is 0 Å². The number of fused-ring (bicyclic) bond motifs is 1. The van der Waals surface area contributed by atoms with Crippen molar-refractivity contribution < 1.29 is 17.6 Å². The molecular formula is C19H19FN2O3S. The van der Waals surface area contributed by atoms with E-state index in [9.17, 15) is 17.6 Å². The highest BCUT2D eigenvalue weighted by Gasteiger charge is 2.30. The van der Waals surface area contributed by atoms with E-state index < -0.39 is 10.0 Å². The Balaban J connectivity index is 1.68. The van der Waals surface area contributed by atoms with E-state index >= 15 is 0 Å². The van der Waals surface area contributed by atoms with Crippen LogP contribution in [0.4, 0.5) is 15.8 Å². The van der Waals surface area contributed by atoms with E-state index in [1.165, 1.54) is 16.4 Å². The van der Waals surface area contributed by atoms with E-state index in [1.807, 2.05) is 0 Å². The van der Waals surface area contributed by atoms with Crippen LogP contribution in [0, 0.1) is 5.82 Å². The minimum absolute atomic E-state index is 0.129. The van der Waals surface area contributed by atoms with Crippen LogP contribution in [0.5, 0.6) is 0 Å². The van der Waals surface area contributed by atoms with E-state index in [2.05, 4.69) is 0 Å².